The average molecular weight is 338 g/mol. The van der Waals surface area contributed by atoms with Crippen molar-refractivity contribution in [2.75, 3.05) is 0 Å². The summed E-state index contributed by atoms with van der Waals surface area (Å²) in [6, 6.07) is 9.31. The Morgan fingerprint density at radius 2 is 2.08 bits per heavy atom. The van der Waals surface area contributed by atoms with E-state index in [9.17, 15) is 4.79 Å². The second kappa shape index (κ2) is 6.05. The van der Waals surface area contributed by atoms with Crippen molar-refractivity contribution in [2.45, 2.75) is 20.0 Å². The van der Waals surface area contributed by atoms with Gasteiger partial charge in [0, 0.05) is 17.0 Å². The van der Waals surface area contributed by atoms with E-state index < -0.39 is 0 Å². The van der Waals surface area contributed by atoms with E-state index in [2.05, 4.69) is 16.9 Å². The van der Waals surface area contributed by atoms with Gasteiger partial charge in [-0.2, -0.15) is 0 Å². The molecule has 0 radical (unpaired) electrons. The third-order valence-electron chi connectivity index (χ3n) is 3.89. The van der Waals surface area contributed by atoms with Gasteiger partial charge >= 0.3 is 5.63 Å². The zero-order valence-corrected chi connectivity index (χ0v) is 13.8. The average Bonchev–Trinajstić information content (AvgIpc) is 3.08. The summed E-state index contributed by atoms with van der Waals surface area (Å²) in [7, 11) is 0. The third-order valence-corrected chi connectivity index (χ3v) is 4.71. The van der Waals surface area contributed by atoms with E-state index in [1.54, 1.807) is 0 Å². The fourth-order valence-corrected chi connectivity index (χ4v) is 3.37. The van der Waals surface area contributed by atoms with Gasteiger partial charge in [-0.25, -0.2) is 14.8 Å². The van der Waals surface area contributed by atoms with Crippen molar-refractivity contribution in [3.05, 3.63) is 63.6 Å². The normalized spacial score (nSPS) is 11.2. The van der Waals surface area contributed by atoms with Crippen LogP contribution in [0, 0.1) is 0 Å². The van der Waals surface area contributed by atoms with Crippen molar-refractivity contribution in [3.8, 4) is 5.88 Å². The van der Waals surface area contributed by atoms with Crippen LogP contribution in [0.3, 0.4) is 0 Å². The number of rotatable bonds is 4. The molecule has 0 unspecified atom stereocenters. The highest BCUT2D eigenvalue weighted by molar-refractivity contribution is 7.16. The number of hydrogen-bond donors (Lipinski definition) is 0. The Labute approximate surface area is 141 Å². The molecule has 1 aromatic carbocycles. The molecule has 120 valence electrons. The standard InChI is InChI=1S/C18H14N2O3S/c1-2-11-3-4-13-12(8-16(21)23-15(13)7-11)9-22-17-14-5-6-24-18(14)20-10-19-17/h3-8,10H,2,9H2,1H3. The number of nitrogens with zero attached hydrogens (tertiary/aromatic N) is 2. The maximum absolute atomic E-state index is 11.8. The molecule has 0 atom stereocenters. The Hall–Kier alpha value is -2.73. The number of fused-ring (bicyclic) bond motifs is 2. The molecule has 0 spiro atoms. The predicted octanol–water partition coefficient (Wildman–Crippen LogP) is 3.94. The van der Waals surface area contributed by atoms with Crippen LogP contribution in [0.5, 0.6) is 5.88 Å². The molecule has 0 aliphatic carbocycles. The monoisotopic (exact) mass is 338 g/mol. The largest absolute Gasteiger partial charge is 0.472 e. The molecule has 0 N–H and O–H groups in total. The molecule has 6 heteroatoms. The van der Waals surface area contributed by atoms with E-state index in [0.717, 1.165) is 33.2 Å². The van der Waals surface area contributed by atoms with Crippen molar-refractivity contribution in [2.24, 2.45) is 0 Å². The van der Waals surface area contributed by atoms with Gasteiger partial charge in [0.1, 0.15) is 23.3 Å². The second-order valence-electron chi connectivity index (χ2n) is 5.38. The Bertz CT molecular complexity index is 1080. The van der Waals surface area contributed by atoms with Crippen LogP contribution in [0.2, 0.25) is 0 Å². The van der Waals surface area contributed by atoms with Crippen LogP contribution in [0.1, 0.15) is 18.1 Å². The van der Waals surface area contributed by atoms with Gasteiger partial charge in [-0.1, -0.05) is 19.1 Å². The summed E-state index contributed by atoms with van der Waals surface area (Å²) in [5.74, 6) is 0.521. The summed E-state index contributed by atoms with van der Waals surface area (Å²) in [5, 5.41) is 3.70. The number of thiophene rings is 1. The molecule has 0 aliphatic rings. The molecule has 4 aromatic rings. The summed E-state index contributed by atoms with van der Waals surface area (Å²) in [4.78, 5) is 21.1. The Balaban J connectivity index is 1.72. The Kier molecular flexibility index (Phi) is 3.74. The lowest BCUT2D eigenvalue weighted by atomic mass is 10.1. The molecule has 0 bridgehead atoms. The van der Waals surface area contributed by atoms with Gasteiger partial charge in [0.15, 0.2) is 0 Å². The molecule has 0 saturated heterocycles. The maximum Gasteiger partial charge on any atom is 0.336 e. The van der Waals surface area contributed by atoms with Gasteiger partial charge in [-0.05, 0) is 29.5 Å². The molecule has 0 saturated carbocycles. The van der Waals surface area contributed by atoms with Crippen LogP contribution in [-0.4, -0.2) is 9.97 Å². The first-order valence-corrected chi connectivity index (χ1v) is 8.49. The van der Waals surface area contributed by atoms with Gasteiger partial charge in [-0.3, -0.25) is 0 Å². The molecular weight excluding hydrogens is 324 g/mol. The van der Waals surface area contributed by atoms with Gasteiger partial charge in [0.2, 0.25) is 5.88 Å². The smallest absolute Gasteiger partial charge is 0.336 e. The minimum atomic E-state index is -0.377. The van der Waals surface area contributed by atoms with Crippen molar-refractivity contribution in [1.82, 2.24) is 9.97 Å². The molecule has 3 heterocycles. The van der Waals surface area contributed by atoms with E-state index >= 15 is 0 Å². The SMILES string of the molecule is CCc1ccc2c(COc3ncnc4sccc34)cc(=O)oc2c1. The first kappa shape index (κ1) is 14.8. The highest BCUT2D eigenvalue weighted by Crippen LogP contribution is 2.27. The summed E-state index contributed by atoms with van der Waals surface area (Å²) in [6.07, 6.45) is 2.37. The number of aromatic nitrogens is 2. The molecule has 4 rings (SSSR count). The van der Waals surface area contributed by atoms with Crippen molar-refractivity contribution in [3.63, 3.8) is 0 Å². The van der Waals surface area contributed by atoms with Gasteiger partial charge in [0.25, 0.3) is 0 Å². The lowest BCUT2D eigenvalue weighted by Crippen LogP contribution is -2.05. The molecule has 24 heavy (non-hydrogen) atoms. The summed E-state index contributed by atoms with van der Waals surface area (Å²) >= 11 is 1.54. The first-order chi connectivity index (χ1) is 11.7. The van der Waals surface area contributed by atoms with Gasteiger partial charge in [-0.15, -0.1) is 11.3 Å². The van der Waals surface area contributed by atoms with Crippen molar-refractivity contribution >= 4 is 32.5 Å². The van der Waals surface area contributed by atoms with Gasteiger partial charge < -0.3 is 9.15 Å². The van der Waals surface area contributed by atoms with E-state index in [1.807, 2.05) is 29.6 Å². The zero-order chi connectivity index (χ0) is 16.5. The minimum absolute atomic E-state index is 0.246. The van der Waals surface area contributed by atoms with Crippen LogP contribution in [0.25, 0.3) is 21.2 Å². The van der Waals surface area contributed by atoms with E-state index in [4.69, 9.17) is 9.15 Å². The van der Waals surface area contributed by atoms with Crippen LogP contribution < -0.4 is 10.4 Å². The van der Waals surface area contributed by atoms with Crippen LogP contribution in [-0.2, 0) is 13.0 Å². The summed E-state index contributed by atoms with van der Waals surface area (Å²) in [6.45, 7) is 2.31. The Morgan fingerprint density at radius 3 is 2.96 bits per heavy atom. The van der Waals surface area contributed by atoms with E-state index in [-0.39, 0.29) is 12.2 Å². The predicted molar refractivity (Wildman–Crippen MR) is 93.6 cm³/mol. The molecule has 0 aliphatic heterocycles. The topological polar surface area (TPSA) is 65.2 Å². The van der Waals surface area contributed by atoms with Crippen molar-refractivity contribution in [1.29, 1.82) is 0 Å². The number of benzene rings is 1. The molecular formula is C18H14N2O3S. The highest BCUT2D eigenvalue weighted by atomic mass is 32.1. The van der Waals surface area contributed by atoms with E-state index in [1.165, 1.54) is 23.7 Å². The minimum Gasteiger partial charge on any atom is -0.472 e. The zero-order valence-electron chi connectivity index (χ0n) is 13.0. The lowest BCUT2D eigenvalue weighted by molar-refractivity contribution is 0.298. The molecule has 3 aromatic heterocycles. The number of ether oxygens (including phenoxy) is 1. The number of hydrogen-bond acceptors (Lipinski definition) is 6. The number of aryl methyl sites for hydroxylation is 1. The fourth-order valence-electron chi connectivity index (χ4n) is 2.64. The van der Waals surface area contributed by atoms with Crippen LogP contribution in [0.4, 0.5) is 0 Å². The highest BCUT2D eigenvalue weighted by Gasteiger charge is 2.10. The van der Waals surface area contributed by atoms with Gasteiger partial charge in [0.05, 0.1) is 5.39 Å². The Morgan fingerprint density at radius 1 is 1.17 bits per heavy atom. The second-order valence-corrected chi connectivity index (χ2v) is 6.28. The fraction of sp³-hybridized carbons (Fsp3) is 0.167. The van der Waals surface area contributed by atoms with E-state index in [0.29, 0.717) is 11.5 Å². The van der Waals surface area contributed by atoms with Crippen LogP contribution in [0.15, 0.2) is 51.3 Å². The third kappa shape index (κ3) is 2.65. The quantitative estimate of drug-likeness (QED) is 0.527. The summed E-state index contributed by atoms with van der Waals surface area (Å²) < 4.78 is 11.2. The summed E-state index contributed by atoms with van der Waals surface area (Å²) in [5.41, 5.74) is 2.12. The maximum atomic E-state index is 11.8. The van der Waals surface area contributed by atoms with Crippen LogP contribution >= 0.6 is 11.3 Å². The molecule has 5 nitrogen and oxygen atoms in total. The first-order valence-electron chi connectivity index (χ1n) is 7.61. The molecule has 0 fully saturated rings. The van der Waals surface area contributed by atoms with Crippen molar-refractivity contribution < 1.29 is 9.15 Å². The lowest BCUT2D eigenvalue weighted by Gasteiger charge is -2.09. The molecule has 0 amide bonds.